The molecule has 4 heteroatoms. The Balaban J connectivity index is 2.64. The molecule has 0 amide bonds. The van der Waals surface area contributed by atoms with Gasteiger partial charge in [-0.25, -0.2) is 0 Å². The summed E-state index contributed by atoms with van der Waals surface area (Å²) < 4.78 is 5.92. The second-order valence-corrected chi connectivity index (χ2v) is 8.42. The number of nitrogens with zero attached hydrogens (tertiary/aromatic N) is 1. The van der Waals surface area contributed by atoms with Crippen molar-refractivity contribution < 1.29 is 9.32 Å². The normalized spacial score (nSPS) is 27.6. The van der Waals surface area contributed by atoms with Gasteiger partial charge in [0.15, 0.2) is 9.04 Å². The fourth-order valence-electron chi connectivity index (χ4n) is 2.24. The maximum Gasteiger partial charge on any atom is 0.199 e. The number of hydroxylamine groups is 2. The molecular formula is C12H25NO2Si. The van der Waals surface area contributed by atoms with Gasteiger partial charge in [-0.15, -0.1) is 0 Å². The highest BCUT2D eigenvalue weighted by Gasteiger charge is 2.38. The van der Waals surface area contributed by atoms with E-state index < -0.39 is 9.04 Å². The largest absolute Gasteiger partial charge is 0.347 e. The van der Waals surface area contributed by atoms with Crippen LogP contribution in [0.15, 0.2) is 0 Å². The monoisotopic (exact) mass is 243 g/mol. The molecule has 0 aliphatic carbocycles. The van der Waals surface area contributed by atoms with Gasteiger partial charge in [0, 0.05) is 19.0 Å². The average Bonchev–Trinajstić information content (AvgIpc) is 2.47. The maximum atomic E-state index is 10.7. The van der Waals surface area contributed by atoms with Crippen molar-refractivity contribution in [2.75, 3.05) is 6.54 Å². The van der Waals surface area contributed by atoms with Crippen LogP contribution in [-0.4, -0.2) is 33.0 Å². The Morgan fingerprint density at radius 3 is 2.50 bits per heavy atom. The molecule has 94 valence electrons. The summed E-state index contributed by atoms with van der Waals surface area (Å²) in [7, 11) is -1.06. The third-order valence-electron chi connectivity index (χ3n) is 3.30. The zero-order valence-electron chi connectivity index (χ0n) is 11.2. The van der Waals surface area contributed by atoms with Crippen LogP contribution in [0, 0.1) is 11.3 Å². The van der Waals surface area contributed by atoms with Crippen LogP contribution in [0.2, 0.25) is 13.1 Å². The smallest absolute Gasteiger partial charge is 0.199 e. The van der Waals surface area contributed by atoms with Crippen molar-refractivity contribution in [2.45, 2.75) is 52.7 Å². The number of hydrogen-bond donors (Lipinski definition) is 0. The van der Waals surface area contributed by atoms with Crippen LogP contribution in [0.5, 0.6) is 0 Å². The Bertz CT molecular complexity index is 238. The van der Waals surface area contributed by atoms with Gasteiger partial charge in [0.2, 0.25) is 0 Å². The summed E-state index contributed by atoms with van der Waals surface area (Å²) in [6, 6.07) is 0.302. The Kier molecular flexibility index (Phi) is 4.70. The summed E-state index contributed by atoms with van der Waals surface area (Å²) in [4.78, 5) is 10.7. The molecule has 16 heavy (non-hydrogen) atoms. The van der Waals surface area contributed by atoms with Gasteiger partial charge in [-0.3, -0.25) is 0 Å². The molecule has 0 aromatic heterocycles. The summed E-state index contributed by atoms with van der Waals surface area (Å²) in [6.45, 7) is 12.1. The van der Waals surface area contributed by atoms with Gasteiger partial charge >= 0.3 is 0 Å². The Morgan fingerprint density at radius 1 is 1.44 bits per heavy atom. The van der Waals surface area contributed by atoms with Gasteiger partial charge in [-0.2, -0.15) is 5.06 Å². The molecule has 0 N–H and O–H groups in total. The molecule has 0 spiro atoms. The Labute approximate surface area is 101 Å². The van der Waals surface area contributed by atoms with Gasteiger partial charge < -0.3 is 9.32 Å². The number of carbonyl (C=O) groups is 1. The molecule has 0 saturated carbocycles. The minimum atomic E-state index is -1.06. The lowest BCUT2D eigenvalue weighted by Crippen LogP contribution is -2.34. The lowest BCUT2D eigenvalue weighted by Gasteiger charge is -2.27. The fourth-order valence-corrected chi connectivity index (χ4v) is 3.04. The van der Waals surface area contributed by atoms with Gasteiger partial charge in [0.05, 0.1) is 0 Å². The van der Waals surface area contributed by atoms with E-state index >= 15 is 0 Å². The van der Waals surface area contributed by atoms with Gasteiger partial charge in [0.25, 0.3) is 0 Å². The highest BCUT2D eigenvalue weighted by atomic mass is 28.3. The number of aldehydes is 1. The van der Waals surface area contributed by atoms with E-state index in [9.17, 15) is 4.79 Å². The van der Waals surface area contributed by atoms with Crippen molar-refractivity contribution >= 4 is 15.3 Å². The first kappa shape index (κ1) is 13.9. The van der Waals surface area contributed by atoms with E-state index in [1.54, 1.807) is 0 Å². The predicted molar refractivity (Wildman–Crippen MR) is 68.7 cm³/mol. The molecule has 2 unspecified atom stereocenters. The molecule has 0 bridgehead atoms. The molecule has 1 rings (SSSR count). The molecule has 0 aromatic rings. The van der Waals surface area contributed by atoms with Crippen molar-refractivity contribution in [1.82, 2.24) is 5.06 Å². The first-order chi connectivity index (χ1) is 7.34. The maximum absolute atomic E-state index is 10.7. The molecule has 1 heterocycles. The SMILES string of the molecule is C[SiH](C)ON1CC(C(C)(C)C)CC1CC=O. The van der Waals surface area contributed by atoms with Crippen LogP contribution < -0.4 is 0 Å². The van der Waals surface area contributed by atoms with E-state index in [4.69, 9.17) is 4.53 Å². The molecule has 1 aliphatic heterocycles. The zero-order valence-corrected chi connectivity index (χ0v) is 12.3. The van der Waals surface area contributed by atoms with Crippen LogP contribution in [0.3, 0.4) is 0 Å². The Hall–Kier alpha value is -0.193. The molecule has 1 fully saturated rings. The minimum Gasteiger partial charge on any atom is -0.347 e. The van der Waals surface area contributed by atoms with E-state index in [-0.39, 0.29) is 0 Å². The first-order valence-corrected chi connectivity index (χ1v) is 8.99. The molecule has 0 radical (unpaired) electrons. The summed E-state index contributed by atoms with van der Waals surface area (Å²) in [5, 5.41) is 2.08. The molecule has 1 saturated heterocycles. The fraction of sp³-hybridized carbons (Fsp3) is 0.917. The van der Waals surface area contributed by atoms with Crippen molar-refractivity contribution in [2.24, 2.45) is 11.3 Å². The highest BCUT2D eigenvalue weighted by Crippen LogP contribution is 2.37. The van der Waals surface area contributed by atoms with E-state index in [0.717, 1.165) is 19.3 Å². The Morgan fingerprint density at radius 2 is 2.06 bits per heavy atom. The zero-order chi connectivity index (χ0) is 12.3. The van der Waals surface area contributed by atoms with E-state index in [0.29, 0.717) is 23.8 Å². The van der Waals surface area contributed by atoms with Crippen LogP contribution in [-0.2, 0) is 9.32 Å². The molecule has 0 aromatic carbocycles. The second-order valence-electron chi connectivity index (χ2n) is 6.11. The second kappa shape index (κ2) is 5.43. The number of carbonyl (C=O) groups excluding carboxylic acids is 1. The summed E-state index contributed by atoms with van der Waals surface area (Å²) >= 11 is 0. The highest BCUT2D eigenvalue weighted by molar-refractivity contribution is 6.48. The van der Waals surface area contributed by atoms with Crippen LogP contribution in [0.1, 0.15) is 33.6 Å². The number of hydrogen-bond acceptors (Lipinski definition) is 3. The first-order valence-electron chi connectivity index (χ1n) is 6.21. The van der Waals surface area contributed by atoms with Crippen LogP contribution in [0.4, 0.5) is 0 Å². The summed E-state index contributed by atoms with van der Waals surface area (Å²) in [5.41, 5.74) is 0.303. The lowest BCUT2D eigenvalue weighted by molar-refractivity contribution is -0.114. The van der Waals surface area contributed by atoms with Crippen LogP contribution in [0.25, 0.3) is 0 Å². The van der Waals surface area contributed by atoms with E-state index in [1.807, 2.05) is 0 Å². The standard InChI is InChI=1S/C12H25NO2Si/c1-12(2,3)10-8-11(6-7-14)13(9-10)15-16(4)5/h7,10-11,16H,6,8-9H2,1-5H3. The molecule has 3 nitrogen and oxygen atoms in total. The van der Waals surface area contributed by atoms with Crippen molar-refractivity contribution in [3.8, 4) is 0 Å². The molecule has 2 atom stereocenters. The van der Waals surface area contributed by atoms with Gasteiger partial charge in [0.1, 0.15) is 6.29 Å². The van der Waals surface area contributed by atoms with Gasteiger partial charge in [-0.05, 0) is 30.8 Å². The summed E-state index contributed by atoms with van der Waals surface area (Å²) in [5.74, 6) is 0.630. The number of rotatable bonds is 4. The summed E-state index contributed by atoms with van der Waals surface area (Å²) in [6.07, 6.45) is 2.71. The molecule has 1 aliphatic rings. The van der Waals surface area contributed by atoms with Gasteiger partial charge in [-0.1, -0.05) is 20.8 Å². The third kappa shape index (κ3) is 3.68. The minimum absolute atomic E-state index is 0.302. The van der Waals surface area contributed by atoms with Crippen molar-refractivity contribution in [1.29, 1.82) is 0 Å². The predicted octanol–water partition coefficient (Wildman–Crippen LogP) is 2.23. The van der Waals surface area contributed by atoms with Crippen LogP contribution >= 0.6 is 0 Å². The van der Waals surface area contributed by atoms with Crippen molar-refractivity contribution in [3.63, 3.8) is 0 Å². The third-order valence-corrected chi connectivity index (χ3v) is 4.00. The lowest BCUT2D eigenvalue weighted by atomic mass is 9.79. The van der Waals surface area contributed by atoms with Crippen molar-refractivity contribution in [3.05, 3.63) is 0 Å². The quantitative estimate of drug-likeness (QED) is 0.560. The topological polar surface area (TPSA) is 29.5 Å². The van der Waals surface area contributed by atoms with E-state index in [1.165, 1.54) is 0 Å². The van der Waals surface area contributed by atoms with E-state index in [2.05, 4.69) is 38.9 Å². The molecular weight excluding hydrogens is 218 g/mol. The average molecular weight is 243 g/mol.